The molecular weight excluding hydrogens is 248 g/mol. The molecule has 2 unspecified atom stereocenters. The summed E-state index contributed by atoms with van der Waals surface area (Å²) in [6.45, 7) is 3.05. The van der Waals surface area contributed by atoms with Crippen LogP contribution in [0.2, 0.25) is 0 Å². The third-order valence-corrected chi connectivity index (χ3v) is 4.40. The summed E-state index contributed by atoms with van der Waals surface area (Å²) in [4.78, 5) is 2.56. The van der Waals surface area contributed by atoms with Crippen LogP contribution < -0.4 is 5.73 Å². The van der Waals surface area contributed by atoms with Gasteiger partial charge in [-0.25, -0.2) is 0 Å². The van der Waals surface area contributed by atoms with E-state index in [1.807, 2.05) is 7.11 Å². The highest BCUT2D eigenvalue weighted by Crippen LogP contribution is 2.19. The van der Waals surface area contributed by atoms with E-state index in [1.165, 1.54) is 31.4 Å². The molecule has 0 aliphatic carbocycles. The zero-order valence-corrected chi connectivity index (χ0v) is 12.6. The standard InChI is InChI=1S/C17H28N2O/c1-20-17-10-12-19(16(13-17)14-18)11-6-5-9-15-7-3-2-4-8-15/h2-4,7-8,16-17H,5-6,9-14,18H2,1H3. The number of benzene rings is 1. The van der Waals surface area contributed by atoms with Gasteiger partial charge in [0.2, 0.25) is 0 Å². The van der Waals surface area contributed by atoms with Crippen molar-refractivity contribution in [2.24, 2.45) is 5.73 Å². The van der Waals surface area contributed by atoms with Gasteiger partial charge >= 0.3 is 0 Å². The molecule has 0 amide bonds. The monoisotopic (exact) mass is 276 g/mol. The molecule has 0 radical (unpaired) electrons. The molecule has 112 valence electrons. The minimum Gasteiger partial charge on any atom is -0.381 e. The number of nitrogens with zero attached hydrogens (tertiary/aromatic N) is 1. The van der Waals surface area contributed by atoms with Crippen LogP contribution in [-0.4, -0.2) is 43.8 Å². The Labute approximate surface area is 123 Å². The maximum atomic E-state index is 5.91. The van der Waals surface area contributed by atoms with Crippen LogP contribution in [0.3, 0.4) is 0 Å². The van der Waals surface area contributed by atoms with Crippen LogP contribution in [0.15, 0.2) is 30.3 Å². The zero-order valence-electron chi connectivity index (χ0n) is 12.6. The molecule has 0 bridgehead atoms. The van der Waals surface area contributed by atoms with Crippen LogP contribution in [0.1, 0.15) is 31.2 Å². The molecule has 0 saturated carbocycles. The van der Waals surface area contributed by atoms with E-state index in [2.05, 4.69) is 35.2 Å². The number of hydrogen-bond donors (Lipinski definition) is 1. The van der Waals surface area contributed by atoms with E-state index < -0.39 is 0 Å². The molecule has 1 fully saturated rings. The lowest BCUT2D eigenvalue weighted by Gasteiger charge is -2.38. The molecule has 2 N–H and O–H groups in total. The molecule has 3 nitrogen and oxygen atoms in total. The largest absolute Gasteiger partial charge is 0.381 e. The zero-order chi connectivity index (χ0) is 14.2. The maximum absolute atomic E-state index is 5.91. The van der Waals surface area contributed by atoms with Gasteiger partial charge in [-0.15, -0.1) is 0 Å². The van der Waals surface area contributed by atoms with Crippen molar-refractivity contribution in [3.05, 3.63) is 35.9 Å². The third kappa shape index (κ3) is 4.58. The molecule has 1 heterocycles. The molecule has 1 aromatic rings. The summed E-state index contributed by atoms with van der Waals surface area (Å²) < 4.78 is 5.47. The van der Waals surface area contributed by atoms with E-state index in [1.54, 1.807) is 0 Å². The average molecular weight is 276 g/mol. The van der Waals surface area contributed by atoms with Crippen molar-refractivity contribution in [3.63, 3.8) is 0 Å². The number of aryl methyl sites for hydroxylation is 1. The Bertz CT molecular complexity index is 369. The summed E-state index contributed by atoms with van der Waals surface area (Å²) in [6, 6.07) is 11.3. The SMILES string of the molecule is COC1CCN(CCCCc2ccccc2)C(CN)C1. The Morgan fingerprint density at radius 2 is 2.05 bits per heavy atom. The van der Waals surface area contributed by atoms with Crippen molar-refractivity contribution in [1.29, 1.82) is 0 Å². The molecular formula is C17H28N2O. The van der Waals surface area contributed by atoms with E-state index >= 15 is 0 Å². The Morgan fingerprint density at radius 3 is 2.75 bits per heavy atom. The highest BCUT2D eigenvalue weighted by molar-refractivity contribution is 5.14. The Morgan fingerprint density at radius 1 is 1.25 bits per heavy atom. The second-order valence-electron chi connectivity index (χ2n) is 5.75. The second-order valence-corrected chi connectivity index (χ2v) is 5.75. The lowest BCUT2D eigenvalue weighted by molar-refractivity contribution is 0.0129. The van der Waals surface area contributed by atoms with Crippen molar-refractivity contribution < 1.29 is 4.74 Å². The number of methoxy groups -OCH3 is 1. The van der Waals surface area contributed by atoms with Gasteiger partial charge in [-0.1, -0.05) is 30.3 Å². The molecule has 1 aliphatic rings. The number of unbranched alkanes of at least 4 members (excludes halogenated alkanes) is 1. The molecule has 1 aromatic carbocycles. The molecule has 0 aromatic heterocycles. The summed E-state index contributed by atoms with van der Waals surface area (Å²) in [6.07, 6.45) is 6.33. The van der Waals surface area contributed by atoms with Crippen LogP contribution in [-0.2, 0) is 11.2 Å². The van der Waals surface area contributed by atoms with Crippen molar-refractivity contribution >= 4 is 0 Å². The number of likely N-dealkylation sites (tertiary alicyclic amines) is 1. The first-order chi connectivity index (χ1) is 9.83. The predicted molar refractivity (Wildman–Crippen MR) is 83.8 cm³/mol. The van der Waals surface area contributed by atoms with E-state index in [0.29, 0.717) is 12.1 Å². The summed E-state index contributed by atoms with van der Waals surface area (Å²) >= 11 is 0. The van der Waals surface area contributed by atoms with Crippen LogP contribution in [0.25, 0.3) is 0 Å². The quantitative estimate of drug-likeness (QED) is 0.777. The fraction of sp³-hybridized carbons (Fsp3) is 0.647. The van der Waals surface area contributed by atoms with Crippen LogP contribution in [0, 0.1) is 0 Å². The minimum atomic E-state index is 0.407. The van der Waals surface area contributed by atoms with E-state index in [4.69, 9.17) is 10.5 Å². The van der Waals surface area contributed by atoms with Gasteiger partial charge in [0, 0.05) is 26.2 Å². The van der Waals surface area contributed by atoms with Gasteiger partial charge in [0.25, 0.3) is 0 Å². The third-order valence-electron chi connectivity index (χ3n) is 4.40. The van der Waals surface area contributed by atoms with Crippen molar-refractivity contribution in [3.8, 4) is 0 Å². The molecule has 1 aliphatic heterocycles. The van der Waals surface area contributed by atoms with Crippen molar-refractivity contribution in [2.75, 3.05) is 26.7 Å². The number of rotatable bonds is 7. The summed E-state index contributed by atoms with van der Waals surface area (Å²) in [5.41, 5.74) is 7.35. The fourth-order valence-electron chi connectivity index (χ4n) is 3.11. The summed E-state index contributed by atoms with van der Waals surface area (Å²) in [5, 5.41) is 0. The van der Waals surface area contributed by atoms with Gasteiger partial charge in [-0.2, -0.15) is 0 Å². The smallest absolute Gasteiger partial charge is 0.0599 e. The first kappa shape index (κ1) is 15.5. The number of ether oxygens (including phenoxy) is 1. The molecule has 2 rings (SSSR count). The van der Waals surface area contributed by atoms with Gasteiger partial charge in [0.15, 0.2) is 0 Å². The normalized spacial score (nSPS) is 23.9. The second kappa shape index (κ2) is 8.40. The number of piperidine rings is 1. The first-order valence-corrected chi connectivity index (χ1v) is 7.84. The molecule has 3 heteroatoms. The minimum absolute atomic E-state index is 0.407. The van der Waals surface area contributed by atoms with Gasteiger partial charge < -0.3 is 10.5 Å². The summed E-state index contributed by atoms with van der Waals surface area (Å²) in [5.74, 6) is 0. The Kier molecular flexibility index (Phi) is 6.51. The van der Waals surface area contributed by atoms with Crippen molar-refractivity contribution in [2.45, 2.75) is 44.2 Å². The van der Waals surface area contributed by atoms with Gasteiger partial charge in [0.05, 0.1) is 6.10 Å². The number of hydrogen-bond acceptors (Lipinski definition) is 3. The lowest BCUT2D eigenvalue weighted by atomic mass is 9.98. The molecule has 2 atom stereocenters. The maximum Gasteiger partial charge on any atom is 0.0599 e. The topological polar surface area (TPSA) is 38.5 Å². The Balaban J connectivity index is 1.68. The first-order valence-electron chi connectivity index (χ1n) is 7.84. The number of nitrogens with two attached hydrogens (primary N) is 1. The lowest BCUT2D eigenvalue weighted by Crippen LogP contribution is -2.48. The Hall–Kier alpha value is -0.900. The van der Waals surface area contributed by atoms with E-state index in [9.17, 15) is 0 Å². The fourth-order valence-corrected chi connectivity index (χ4v) is 3.11. The van der Waals surface area contributed by atoms with Crippen LogP contribution in [0.4, 0.5) is 0 Å². The molecule has 1 saturated heterocycles. The van der Waals surface area contributed by atoms with Crippen molar-refractivity contribution in [1.82, 2.24) is 4.90 Å². The van der Waals surface area contributed by atoms with E-state index in [0.717, 1.165) is 25.9 Å². The predicted octanol–water partition coefficient (Wildman–Crippen LogP) is 2.45. The van der Waals surface area contributed by atoms with Gasteiger partial charge in [-0.05, 0) is 44.2 Å². The van der Waals surface area contributed by atoms with Gasteiger partial charge in [0.1, 0.15) is 0 Å². The highest BCUT2D eigenvalue weighted by Gasteiger charge is 2.26. The van der Waals surface area contributed by atoms with Gasteiger partial charge in [-0.3, -0.25) is 4.90 Å². The van der Waals surface area contributed by atoms with Crippen LogP contribution >= 0.6 is 0 Å². The molecule has 20 heavy (non-hydrogen) atoms. The average Bonchev–Trinajstić information content (AvgIpc) is 2.52. The van der Waals surface area contributed by atoms with Crippen LogP contribution in [0.5, 0.6) is 0 Å². The van der Waals surface area contributed by atoms with E-state index in [-0.39, 0.29) is 0 Å². The molecule has 0 spiro atoms. The summed E-state index contributed by atoms with van der Waals surface area (Å²) in [7, 11) is 1.81. The highest BCUT2D eigenvalue weighted by atomic mass is 16.5.